The normalized spacial score (nSPS) is 22.1. The first-order valence-corrected chi connectivity index (χ1v) is 12.7. The second-order valence-corrected chi connectivity index (χ2v) is 9.98. The third-order valence-electron chi connectivity index (χ3n) is 7.10. The molecule has 3 fully saturated rings. The van der Waals surface area contributed by atoms with E-state index in [2.05, 4.69) is 53.0 Å². The first-order chi connectivity index (χ1) is 18.0. The number of nitrogens with one attached hydrogen (secondary N) is 3. The molecule has 1 saturated carbocycles. The van der Waals surface area contributed by atoms with Crippen LogP contribution >= 0.6 is 11.6 Å². The molecule has 37 heavy (non-hydrogen) atoms. The Labute approximate surface area is 218 Å². The van der Waals surface area contributed by atoms with Crippen LogP contribution in [-0.4, -0.2) is 87.0 Å². The van der Waals surface area contributed by atoms with Crippen LogP contribution in [0.2, 0.25) is 5.02 Å². The van der Waals surface area contributed by atoms with Gasteiger partial charge in [0, 0.05) is 51.4 Å². The summed E-state index contributed by atoms with van der Waals surface area (Å²) in [5.74, 6) is 0.743. The van der Waals surface area contributed by atoms with Crippen LogP contribution in [0.15, 0.2) is 18.3 Å². The predicted molar refractivity (Wildman–Crippen MR) is 138 cm³/mol. The van der Waals surface area contributed by atoms with Gasteiger partial charge in [0.1, 0.15) is 11.6 Å². The first-order valence-electron chi connectivity index (χ1n) is 12.3. The maximum atomic E-state index is 10.2. The van der Waals surface area contributed by atoms with Crippen LogP contribution in [0, 0.1) is 22.7 Å². The molecule has 6 rings (SSSR count). The number of aromatic nitrogens is 4. The van der Waals surface area contributed by atoms with Gasteiger partial charge in [0.05, 0.1) is 40.3 Å². The first kappa shape index (κ1) is 23.7. The van der Waals surface area contributed by atoms with E-state index in [4.69, 9.17) is 11.6 Å². The zero-order valence-electron chi connectivity index (χ0n) is 20.0. The van der Waals surface area contributed by atoms with E-state index in [1.165, 1.54) is 10.7 Å². The van der Waals surface area contributed by atoms with E-state index in [1.807, 2.05) is 0 Å². The van der Waals surface area contributed by atoms with Crippen LogP contribution in [0.3, 0.4) is 0 Å². The molecule has 3 aliphatic rings. The molecule has 1 aliphatic carbocycles. The lowest BCUT2D eigenvalue weighted by Crippen LogP contribution is -2.53. The molecule has 1 aromatic carbocycles. The van der Waals surface area contributed by atoms with E-state index in [0.29, 0.717) is 46.0 Å². The van der Waals surface area contributed by atoms with Gasteiger partial charge < -0.3 is 26.0 Å². The van der Waals surface area contributed by atoms with E-state index in [0.717, 1.165) is 51.3 Å². The smallest absolute Gasteiger partial charge is 0.232 e. The SMILES string of the molecule is N#Cc1cc(Nc2nc(NC3CC3)n3ncc(C#N)c3n2)c(Cl)c(N2CCN([C@@H]3CNC[C@H]3O)CC2)c1. The standard InChI is InChI=1S/C24H26ClN11O/c25-21-17(31-23-32-22-15(10-27)11-29-36(22)24(33-23)30-16-1-2-16)7-14(9-26)8-18(21)34-3-5-35(6-4-34)19-12-28-13-20(19)37/h7-8,11,16,19-20,28,37H,1-6,12-13H2,(H2,30,31,32,33)/t19-,20-/m1/s1. The monoisotopic (exact) mass is 519 g/mol. The van der Waals surface area contributed by atoms with Crippen molar-refractivity contribution in [2.45, 2.75) is 31.0 Å². The van der Waals surface area contributed by atoms with Crippen LogP contribution in [0.5, 0.6) is 0 Å². The molecule has 3 aromatic rings. The Morgan fingerprint density at radius 1 is 1.08 bits per heavy atom. The Kier molecular flexibility index (Phi) is 6.18. The van der Waals surface area contributed by atoms with Crippen LogP contribution in [0.4, 0.5) is 23.3 Å². The molecule has 190 valence electrons. The molecule has 4 N–H and O–H groups in total. The summed E-state index contributed by atoms with van der Waals surface area (Å²) in [6, 6.07) is 8.24. The summed E-state index contributed by atoms with van der Waals surface area (Å²) >= 11 is 6.88. The number of fused-ring (bicyclic) bond motifs is 1. The van der Waals surface area contributed by atoms with E-state index >= 15 is 0 Å². The van der Waals surface area contributed by atoms with Crippen LogP contribution in [0.25, 0.3) is 5.65 Å². The Hall–Kier alpha value is -3.68. The van der Waals surface area contributed by atoms with Gasteiger partial charge in [0.2, 0.25) is 11.9 Å². The summed E-state index contributed by atoms with van der Waals surface area (Å²) < 4.78 is 1.52. The zero-order valence-corrected chi connectivity index (χ0v) is 20.8. The highest BCUT2D eigenvalue weighted by Gasteiger charge is 2.33. The lowest BCUT2D eigenvalue weighted by Gasteiger charge is -2.40. The fourth-order valence-electron chi connectivity index (χ4n) is 4.95. The molecule has 2 saturated heterocycles. The van der Waals surface area contributed by atoms with Gasteiger partial charge in [-0.25, -0.2) is 0 Å². The average molecular weight is 520 g/mol. The van der Waals surface area contributed by atoms with E-state index in [-0.39, 0.29) is 18.1 Å². The number of halogens is 1. The highest BCUT2D eigenvalue weighted by molar-refractivity contribution is 6.36. The topological polar surface area (TPSA) is 153 Å². The summed E-state index contributed by atoms with van der Waals surface area (Å²) in [6.07, 6.45) is 3.20. The third-order valence-corrected chi connectivity index (χ3v) is 7.50. The number of hydrogen-bond donors (Lipinski definition) is 4. The van der Waals surface area contributed by atoms with Gasteiger partial charge in [0.25, 0.3) is 0 Å². The van der Waals surface area contributed by atoms with Crippen molar-refractivity contribution in [1.82, 2.24) is 29.8 Å². The van der Waals surface area contributed by atoms with E-state index in [1.54, 1.807) is 12.1 Å². The number of β-amino-alcohol motifs (C(OH)–C–C–N with tert-alkyl or cyclic N) is 1. The summed E-state index contributed by atoms with van der Waals surface area (Å²) in [5.41, 5.74) is 2.44. The molecule has 2 aliphatic heterocycles. The van der Waals surface area contributed by atoms with Crippen LogP contribution < -0.4 is 20.9 Å². The number of aliphatic hydroxyl groups is 1. The number of nitriles is 2. The molecule has 2 atom stereocenters. The van der Waals surface area contributed by atoms with E-state index < -0.39 is 0 Å². The molecule has 0 bridgehead atoms. The number of aliphatic hydroxyl groups excluding tert-OH is 1. The van der Waals surface area contributed by atoms with Gasteiger partial charge in [-0.3, -0.25) is 4.90 Å². The molecule has 0 unspecified atom stereocenters. The molecule has 0 radical (unpaired) electrons. The zero-order chi connectivity index (χ0) is 25.5. The summed E-state index contributed by atoms with van der Waals surface area (Å²) in [5, 5.41) is 43.9. The van der Waals surface area contributed by atoms with Crippen molar-refractivity contribution in [1.29, 1.82) is 10.5 Å². The molecule has 12 nitrogen and oxygen atoms in total. The van der Waals surface area contributed by atoms with Crippen molar-refractivity contribution in [3.63, 3.8) is 0 Å². The summed E-state index contributed by atoms with van der Waals surface area (Å²) in [4.78, 5) is 13.6. The molecule has 13 heteroatoms. The Bertz CT molecular complexity index is 1410. The fraction of sp³-hybridized carbons (Fsp3) is 0.458. The fourth-order valence-corrected chi connectivity index (χ4v) is 5.23. The third kappa shape index (κ3) is 4.61. The lowest BCUT2D eigenvalue weighted by atomic mass is 10.1. The molecule has 4 heterocycles. The minimum Gasteiger partial charge on any atom is -0.390 e. The number of rotatable bonds is 6. The minimum atomic E-state index is -0.359. The van der Waals surface area contributed by atoms with E-state index in [9.17, 15) is 15.6 Å². The van der Waals surface area contributed by atoms with Crippen molar-refractivity contribution in [3.8, 4) is 12.1 Å². The highest BCUT2D eigenvalue weighted by atomic mass is 35.5. The molecular weight excluding hydrogens is 494 g/mol. The van der Waals surface area contributed by atoms with Gasteiger partial charge in [0.15, 0.2) is 5.65 Å². The molecule has 2 aromatic heterocycles. The number of anilines is 4. The lowest BCUT2D eigenvalue weighted by molar-refractivity contribution is 0.0792. The second-order valence-electron chi connectivity index (χ2n) is 9.60. The molecule has 0 amide bonds. The Balaban J connectivity index is 1.28. The van der Waals surface area contributed by atoms with Gasteiger partial charge in [-0.1, -0.05) is 11.6 Å². The molecule has 0 spiro atoms. The average Bonchev–Trinajstić information content (AvgIpc) is 3.46. The maximum absolute atomic E-state index is 10.2. The van der Waals surface area contributed by atoms with Gasteiger partial charge in [-0.15, -0.1) is 0 Å². The van der Waals surface area contributed by atoms with Gasteiger partial charge in [-0.2, -0.15) is 30.1 Å². The van der Waals surface area contributed by atoms with Crippen LogP contribution in [-0.2, 0) is 0 Å². The Morgan fingerprint density at radius 2 is 1.89 bits per heavy atom. The quantitative estimate of drug-likeness (QED) is 0.372. The van der Waals surface area contributed by atoms with Crippen molar-refractivity contribution in [2.24, 2.45) is 0 Å². The number of piperazine rings is 1. The van der Waals surface area contributed by atoms with Crippen molar-refractivity contribution in [2.75, 3.05) is 54.8 Å². The van der Waals surface area contributed by atoms with Gasteiger partial charge >= 0.3 is 0 Å². The molecular formula is C24H26ClN11O. The van der Waals surface area contributed by atoms with Crippen molar-refractivity contribution < 1.29 is 5.11 Å². The van der Waals surface area contributed by atoms with Crippen LogP contribution in [0.1, 0.15) is 24.0 Å². The number of hydrogen-bond acceptors (Lipinski definition) is 11. The summed E-state index contributed by atoms with van der Waals surface area (Å²) in [7, 11) is 0. The second kappa shape index (κ2) is 9.65. The minimum absolute atomic E-state index is 0.118. The van der Waals surface area contributed by atoms with Crippen molar-refractivity contribution >= 4 is 40.5 Å². The number of nitrogens with zero attached hydrogens (tertiary/aromatic N) is 8. The number of benzene rings is 1. The maximum Gasteiger partial charge on any atom is 0.232 e. The van der Waals surface area contributed by atoms with Crippen molar-refractivity contribution in [3.05, 3.63) is 34.5 Å². The summed E-state index contributed by atoms with van der Waals surface area (Å²) in [6.45, 7) is 4.41. The van der Waals surface area contributed by atoms with Gasteiger partial charge in [-0.05, 0) is 25.0 Å². The Morgan fingerprint density at radius 3 is 2.57 bits per heavy atom. The largest absolute Gasteiger partial charge is 0.390 e. The predicted octanol–water partition coefficient (Wildman–Crippen LogP) is 1.29. The highest BCUT2D eigenvalue weighted by Crippen LogP contribution is 2.37.